The Hall–Kier alpha value is -3.80. The molecule has 0 saturated carbocycles. The Bertz CT molecular complexity index is 1260. The van der Waals surface area contributed by atoms with Gasteiger partial charge in [-0.15, -0.1) is 5.10 Å². The molecule has 1 aliphatic heterocycles. The Kier molecular flexibility index (Phi) is 4.39. The van der Waals surface area contributed by atoms with E-state index < -0.39 is 6.04 Å². The lowest BCUT2D eigenvalue weighted by Gasteiger charge is -2.23. The number of rotatable bonds is 4. The van der Waals surface area contributed by atoms with Crippen LogP contribution in [0.2, 0.25) is 0 Å². The molecule has 6 nitrogen and oxygen atoms in total. The molecule has 5 rings (SSSR count). The largest absolute Gasteiger partial charge is 0.309 e. The van der Waals surface area contributed by atoms with Crippen molar-refractivity contribution in [2.24, 2.45) is 0 Å². The average molecular weight is 396 g/mol. The zero-order valence-corrected chi connectivity index (χ0v) is 16.5. The summed E-state index contributed by atoms with van der Waals surface area (Å²) in [6.07, 6.45) is 0.724. The Morgan fingerprint density at radius 2 is 1.70 bits per heavy atom. The zero-order chi connectivity index (χ0) is 20.7. The van der Waals surface area contributed by atoms with Gasteiger partial charge in [0.2, 0.25) is 0 Å². The van der Waals surface area contributed by atoms with Gasteiger partial charge in [-0.2, -0.15) is 0 Å². The molecule has 1 aromatic heterocycles. The van der Waals surface area contributed by atoms with Gasteiger partial charge < -0.3 is 4.90 Å². The van der Waals surface area contributed by atoms with E-state index in [-0.39, 0.29) is 11.7 Å². The number of carbonyl (C=O) groups excluding carboxylic acids is 2. The first-order valence-electron chi connectivity index (χ1n) is 9.98. The fourth-order valence-corrected chi connectivity index (χ4v) is 4.11. The van der Waals surface area contributed by atoms with Crippen molar-refractivity contribution < 1.29 is 9.59 Å². The van der Waals surface area contributed by atoms with Gasteiger partial charge in [0.05, 0.1) is 11.2 Å². The third kappa shape index (κ3) is 2.88. The molecule has 30 heavy (non-hydrogen) atoms. The molecule has 0 bridgehead atoms. The van der Waals surface area contributed by atoms with Gasteiger partial charge in [-0.05, 0) is 37.1 Å². The van der Waals surface area contributed by atoms with Crippen LogP contribution in [0.25, 0.3) is 11.0 Å². The van der Waals surface area contributed by atoms with E-state index in [1.54, 1.807) is 27.8 Å². The molecular formula is C24H20N4O2. The molecule has 1 aliphatic rings. The molecule has 1 unspecified atom stereocenters. The third-order valence-corrected chi connectivity index (χ3v) is 5.64. The normalized spacial score (nSPS) is 14.0. The number of aromatic nitrogens is 3. The molecule has 0 aliphatic carbocycles. The first kappa shape index (κ1) is 18.2. The van der Waals surface area contributed by atoms with Crippen LogP contribution in [0.3, 0.4) is 0 Å². The van der Waals surface area contributed by atoms with Gasteiger partial charge >= 0.3 is 0 Å². The summed E-state index contributed by atoms with van der Waals surface area (Å²) in [7, 11) is 0. The van der Waals surface area contributed by atoms with Crippen molar-refractivity contribution in [3.8, 4) is 0 Å². The monoisotopic (exact) mass is 396 g/mol. The topological polar surface area (TPSA) is 68.1 Å². The minimum absolute atomic E-state index is 0.0778. The van der Waals surface area contributed by atoms with Crippen LogP contribution >= 0.6 is 0 Å². The third-order valence-electron chi connectivity index (χ3n) is 5.64. The summed E-state index contributed by atoms with van der Waals surface area (Å²) in [5.41, 5.74) is 4.46. The lowest BCUT2D eigenvalue weighted by Crippen LogP contribution is -2.36. The standard InChI is InChI=1S/C24H20N4O2/c1-16(28-21-13-6-5-12-20(21)25-26-28)24(30)27-15-14-17-10-7-11-19(22(17)27)23(29)18-8-3-2-4-9-18/h2-13,16H,14-15H2,1H3. The Labute approximate surface area is 173 Å². The van der Waals surface area contributed by atoms with Crippen LogP contribution < -0.4 is 4.90 Å². The number of anilines is 1. The van der Waals surface area contributed by atoms with Crippen molar-refractivity contribution in [3.05, 3.63) is 89.5 Å². The van der Waals surface area contributed by atoms with Crippen LogP contribution in [0, 0.1) is 0 Å². The number of hydrogen-bond acceptors (Lipinski definition) is 4. The van der Waals surface area contributed by atoms with Crippen molar-refractivity contribution in [1.29, 1.82) is 0 Å². The number of amides is 1. The first-order valence-corrected chi connectivity index (χ1v) is 9.98. The second-order valence-corrected chi connectivity index (χ2v) is 7.45. The molecule has 0 radical (unpaired) electrons. The van der Waals surface area contributed by atoms with Gasteiger partial charge in [-0.25, -0.2) is 4.68 Å². The van der Waals surface area contributed by atoms with E-state index in [2.05, 4.69) is 10.3 Å². The molecule has 0 fully saturated rings. The number of hydrogen-bond donors (Lipinski definition) is 0. The van der Waals surface area contributed by atoms with Crippen LogP contribution in [0.15, 0.2) is 72.8 Å². The lowest BCUT2D eigenvalue weighted by molar-refractivity contribution is -0.121. The highest BCUT2D eigenvalue weighted by molar-refractivity contribution is 6.15. The van der Waals surface area contributed by atoms with Crippen LogP contribution in [-0.4, -0.2) is 33.2 Å². The lowest BCUT2D eigenvalue weighted by atomic mass is 9.99. The molecule has 4 aromatic rings. The Balaban J connectivity index is 1.53. The van der Waals surface area contributed by atoms with Crippen molar-refractivity contribution in [3.63, 3.8) is 0 Å². The summed E-state index contributed by atoms with van der Waals surface area (Å²) in [5, 5.41) is 8.37. The Morgan fingerprint density at radius 3 is 2.53 bits per heavy atom. The molecule has 1 amide bonds. The highest BCUT2D eigenvalue weighted by Gasteiger charge is 2.33. The quantitative estimate of drug-likeness (QED) is 0.492. The minimum Gasteiger partial charge on any atom is -0.309 e. The van der Waals surface area contributed by atoms with E-state index >= 15 is 0 Å². The van der Waals surface area contributed by atoms with E-state index in [0.717, 1.165) is 23.0 Å². The number of benzene rings is 3. The molecule has 0 saturated heterocycles. The highest BCUT2D eigenvalue weighted by atomic mass is 16.2. The van der Waals surface area contributed by atoms with Crippen LogP contribution in [-0.2, 0) is 11.2 Å². The summed E-state index contributed by atoms with van der Waals surface area (Å²) >= 11 is 0. The van der Waals surface area contributed by atoms with Crippen LogP contribution in [0.1, 0.15) is 34.5 Å². The molecule has 148 valence electrons. The summed E-state index contributed by atoms with van der Waals surface area (Å²) in [5.74, 6) is -0.177. The van der Waals surface area contributed by atoms with Crippen molar-refractivity contribution in [1.82, 2.24) is 15.0 Å². The molecular weight excluding hydrogens is 376 g/mol. The minimum atomic E-state index is -0.539. The second kappa shape index (κ2) is 7.22. The van der Waals surface area contributed by atoms with Crippen LogP contribution in [0.5, 0.6) is 0 Å². The summed E-state index contributed by atoms with van der Waals surface area (Å²) < 4.78 is 1.65. The molecule has 3 aromatic carbocycles. The SMILES string of the molecule is CC(C(=O)N1CCc2cccc(C(=O)c3ccccc3)c21)n1nnc2ccccc21. The van der Waals surface area contributed by atoms with Gasteiger partial charge in [0, 0.05) is 17.7 Å². The second-order valence-electron chi connectivity index (χ2n) is 7.45. The summed E-state index contributed by atoms with van der Waals surface area (Å²) in [4.78, 5) is 28.4. The molecule has 0 N–H and O–H groups in total. The number of para-hydroxylation sites is 2. The maximum Gasteiger partial charge on any atom is 0.251 e. The fourth-order valence-electron chi connectivity index (χ4n) is 4.11. The Morgan fingerprint density at radius 1 is 0.933 bits per heavy atom. The number of fused-ring (bicyclic) bond motifs is 2. The van der Waals surface area contributed by atoms with Gasteiger partial charge in [-0.3, -0.25) is 9.59 Å². The maximum atomic E-state index is 13.5. The summed E-state index contributed by atoms with van der Waals surface area (Å²) in [6, 6.07) is 21.9. The maximum absolute atomic E-state index is 13.5. The number of carbonyl (C=O) groups is 2. The van der Waals surface area contributed by atoms with Gasteiger partial charge in [-0.1, -0.05) is 59.8 Å². The van der Waals surface area contributed by atoms with Crippen molar-refractivity contribution >= 4 is 28.4 Å². The van der Waals surface area contributed by atoms with Crippen molar-refractivity contribution in [2.75, 3.05) is 11.4 Å². The molecule has 1 atom stereocenters. The first-order chi connectivity index (χ1) is 14.6. The van der Waals surface area contributed by atoms with E-state index in [0.29, 0.717) is 23.4 Å². The molecule has 6 heteroatoms. The summed E-state index contributed by atoms with van der Waals surface area (Å²) in [6.45, 7) is 2.37. The van der Waals surface area contributed by atoms with Crippen molar-refractivity contribution in [2.45, 2.75) is 19.4 Å². The van der Waals surface area contributed by atoms with Gasteiger partial charge in [0.25, 0.3) is 5.91 Å². The van der Waals surface area contributed by atoms with Crippen LogP contribution in [0.4, 0.5) is 5.69 Å². The number of nitrogens with zero attached hydrogens (tertiary/aromatic N) is 4. The van der Waals surface area contributed by atoms with Gasteiger partial charge in [0.15, 0.2) is 5.78 Å². The smallest absolute Gasteiger partial charge is 0.251 e. The number of ketones is 1. The predicted molar refractivity (Wildman–Crippen MR) is 115 cm³/mol. The van der Waals surface area contributed by atoms with E-state index in [1.807, 2.05) is 61.5 Å². The predicted octanol–water partition coefficient (Wildman–Crippen LogP) is 3.81. The zero-order valence-electron chi connectivity index (χ0n) is 16.5. The van der Waals surface area contributed by atoms with E-state index in [9.17, 15) is 9.59 Å². The van der Waals surface area contributed by atoms with Gasteiger partial charge in [0.1, 0.15) is 11.6 Å². The molecule has 2 heterocycles. The highest BCUT2D eigenvalue weighted by Crippen LogP contribution is 2.35. The molecule has 0 spiro atoms. The average Bonchev–Trinajstić information content (AvgIpc) is 3.42. The fraction of sp³-hybridized carbons (Fsp3) is 0.167. The van der Waals surface area contributed by atoms with E-state index in [4.69, 9.17) is 0 Å². The van der Waals surface area contributed by atoms with E-state index in [1.165, 1.54) is 0 Å².